The van der Waals surface area contributed by atoms with E-state index in [4.69, 9.17) is 4.98 Å². The Hall–Kier alpha value is -1.32. The van der Waals surface area contributed by atoms with Gasteiger partial charge >= 0.3 is 0 Å². The van der Waals surface area contributed by atoms with Crippen molar-refractivity contribution in [1.82, 2.24) is 9.97 Å². The quantitative estimate of drug-likeness (QED) is 0.823. The van der Waals surface area contributed by atoms with Crippen molar-refractivity contribution in [1.29, 1.82) is 0 Å². The minimum atomic E-state index is 0.426. The Morgan fingerprint density at radius 1 is 1.21 bits per heavy atom. The Labute approximate surface area is 116 Å². The molecule has 2 rings (SSSR count). The largest absolute Gasteiger partial charge is 0.373 e. The molecule has 0 spiro atoms. The van der Waals surface area contributed by atoms with Crippen LogP contribution in [0.3, 0.4) is 0 Å². The summed E-state index contributed by atoms with van der Waals surface area (Å²) >= 11 is 0. The SMILES string of the molecule is CCC(C)C(C)Nc1nc(C2CC2)nc(NC)c1C. The lowest BCUT2D eigenvalue weighted by molar-refractivity contribution is 0.493. The highest BCUT2D eigenvalue weighted by atomic mass is 15.1. The van der Waals surface area contributed by atoms with Crippen LogP contribution in [0.15, 0.2) is 0 Å². The molecule has 1 saturated carbocycles. The minimum absolute atomic E-state index is 0.426. The lowest BCUT2D eigenvalue weighted by atomic mass is 10.0. The van der Waals surface area contributed by atoms with Crippen LogP contribution < -0.4 is 10.6 Å². The summed E-state index contributed by atoms with van der Waals surface area (Å²) in [5.41, 5.74) is 1.11. The first kappa shape index (κ1) is 14.1. The van der Waals surface area contributed by atoms with E-state index in [2.05, 4.69) is 43.3 Å². The van der Waals surface area contributed by atoms with Crippen molar-refractivity contribution >= 4 is 11.6 Å². The van der Waals surface area contributed by atoms with Gasteiger partial charge in [0.15, 0.2) is 0 Å². The van der Waals surface area contributed by atoms with Gasteiger partial charge in [-0.15, -0.1) is 0 Å². The van der Waals surface area contributed by atoms with Crippen molar-refractivity contribution in [2.75, 3.05) is 17.7 Å². The first-order valence-electron chi connectivity index (χ1n) is 7.39. The fourth-order valence-corrected chi connectivity index (χ4v) is 2.15. The number of hydrogen-bond donors (Lipinski definition) is 2. The molecule has 0 radical (unpaired) electrons. The van der Waals surface area contributed by atoms with Gasteiger partial charge in [-0.25, -0.2) is 9.97 Å². The fraction of sp³-hybridized carbons (Fsp3) is 0.733. The molecule has 106 valence electrons. The Balaban J connectivity index is 2.24. The van der Waals surface area contributed by atoms with Gasteiger partial charge in [0.05, 0.1) is 0 Å². The fourth-order valence-electron chi connectivity index (χ4n) is 2.15. The van der Waals surface area contributed by atoms with E-state index in [1.807, 2.05) is 7.05 Å². The second-order valence-electron chi connectivity index (χ2n) is 5.75. The maximum Gasteiger partial charge on any atom is 0.136 e. The molecule has 1 aliphatic carbocycles. The molecule has 1 fully saturated rings. The number of nitrogens with zero attached hydrogens (tertiary/aromatic N) is 2. The molecule has 4 nitrogen and oxygen atoms in total. The van der Waals surface area contributed by atoms with Crippen LogP contribution >= 0.6 is 0 Å². The molecule has 1 aliphatic rings. The molecule has 2 atom stereocenters. The second-order valence-corrected chi connectivity index (χ2v) is 5.75. The summed E-state index contributed by atoms with van der Waals surface area (Å²) in [5.74, 6) is 4.16. The van der Waals surface area contributed by atoms with Crippen molar-refractivity contribution in [3.63, 3.8) is 0 Å². The second kappa shape index (κ2) is 5.76. The Morgan fingerprint density at radius 2 is 1.84 bits per heavy atom. The summed E-state index contributed by atoms with van der Waals surface area (Å²) in [5, 5.41) is 6.75. The summed E-state index contributed by atoms with van der Waals surface area (Å²) in [6.07, 6.45) is 3.63. The third kappa shape index (κ3) is 3.17. The number of nitrogens with one attached hydrogen (secondary N) is 2. The first-order chi connectivity index (χ1) is 9.06. The van der Waals surface area contributed by atoms with Crippen LogP contribution in [-0.2, 0) is 0 Å². The van der Waals surface area contributed by atoms with E-state index >= 15 is 0 Å². The lowest BCUT2D eigenvalue weighted by Gasteiger charge is -2.22. The van der Waals surface area contributed by atoms with Crippen molar-refractivity contribution in [2.45, 2.75) is 58.9 Å². The normalized spacial score (nSPS) is 17.9. The van der Waals surface area contributed by atoms with E-state index in [1.54, 1.807) is 0 Å². The van der Waals surface area contributed by atoms with Crippen LogP contribution in [0.2, 0.25) is 0 Å². The number of anilines is 2. The lowest BCUT2D eigenvalue weighted by Crippen LogP contribution is -2.25. The topological polar surface area (TPSA) is 49.8 Å². The number of hydrogen-bond acceptors (Lipinski definition) is 4. The Bertz CT molecular complexity index is 440. The smallest absolute Gasteiger partial charge is 0.136 e. The molecule has 0 amide bonds. The summed E-state index contributed by atoms with van der Waals surface area (Å²) in [6, 6.07) is 0.426. The first-order valence-corrected chi connectivity index (χ1v) is 7.39. The predicted molar refractivity (Wildman–Crippen MR) is 80.8 cm³/mol. The maximum absolute atomic E-state index is 4.74. The molecule has 0 aromatic carbocycles. The van der Waals surface area contributed by atoms with Gasteiger partial charge in [0.2, 0.25) is 0 Å². The van der Waals surface area contributed by atoms with Crippen LogP contribution in [0, 0.1) is 12.8 Å². The molecular weight excluding hydrogens is 236 g/mol. The molecule has 0 aliphatic heterocycles. The molecule has 4 heteroatoms. The van der Waals surface area contributed by atoms with Crippen LogP contribution in [0.25, 0.3) is 0 Å². The highest BCUT2D eigenvalue weighted by Gasteiger charge is 2.28. The molecule has 2 unspecified atom stereocenters. The van der Waals surface area contributed by atoms with Crippen molar-refractivity contribution in [3.8, 4) is 0 Å². The van der Waals surface area contributed by atoms with E-state index in [0.717, 1.165) is 23.0 Å². The Kier molecular flexibility index (Phi) is 4.27. The van der Waals surface area contributed by atoms with Gasteiger partial charge in [-0.3, -0.25) is 0 Å². The third-order valence-corrected chi connectivity index (χ3v) is 4.20. The molecule has 1 aromatic heterocycles. The molecule has 19 heavy (non-hydrogen) atoms. The van der Waals surface area contributed by atoms with Gasteiger partial charge < -0.3 is 10.6 Å². The molecule has 0 saturated heterocycles. The zero-order valence-corrected chi connectivity index (χ0v) is 12.7. The summed E-state index contributed by atoms with van der Waals surface area (Å²) < 4.78 is 0. The highest BCUT2D eigenvalue weighted by Crippen LogP contribution is 2.39. The molecule has 1 aromatic rings. The summed E-state index contributed by atoms with van der Waals surface area (Å²) in [4.78, 5) is 9.36. The average molecular weight is 262 g/mol. The van der Waals surface area contributed by atoms with E-state index in [9.17, 15) is 0 Å². The molecular formula is C15H26N4. The van der Waals surface area contributed by atoms with Crippen molar-refractivity contribution in [2.24, 2.45) is 5.92 Å². The van der Waals surface area contributed by atoms with Gasteiger partial charge in [-0.2, -0.15) is 0 Å². The van der Waals surface area contributed by atoms with Gasteiger partial charge in [-0.05, 0) is 32.6 Å². The number of rotatable bonds is 6. The van der Waals surface area contributed by atoms with Gasteiger partial charge in [0, 0.05) is 24.6 Å². The zero-order valence-electron chi connectivity index (χ0n) is 12.7. The van der Waals surface area contributed by atoms with E-state index in [-0.39, 0.29) is 0 Å². The predicted octanol–water partition coefficient (Wildman–Crippen LogP) is 3.55. The Morgan fingerprint density at radius 3 is 2.37 bits per heavy atom. The zero-order chi connectivity index (χ0) is 14.0. The molecule has 1 heterocycles. The number of aromatic nitrogens is 2. The molecule has 0 bridgehead atoms. The standard InChI is InChI=1S/C15H26N4/c1-6-9(2)11(4)17-14-10(3)13(16-5)18-15(19-14)12-7-8-12/h9,11-12H,6-8H2,1-5H3,(H2,16,17,18,19). The van der Waals surface area contributed by atoms with Crippen molar-refractivity contribution in [3.05, 3.63) is 11.4 Å². The highest BCUT2D eigenvalue weighted by molar-refractivity contribution is 5.57. The van der Waals surface area contributed by atoms with Crippen LogP contribution in [0.5, 0.6) is 0 Å². The minimum Gasteiger partial charge on any atom is -0.373 e. The average Bonchev–Trinajstić information content (AvgIpc) is 3.24. The maximum atomic E-state index is 4.74. The molecule has 2 N–H and O–H groups in total. The summed E-state index contributed by atoms with van der Waals surface area (Å²) in [6.45, 7) is 8.80. The van der Waals surface area contributed by atoms with Crippen LogP contribution in [0.1, 0.15) is 57.3 Å². The van der Waals surface area contributed by atoms with E-state index in [1.165, 1.54) is 19.3 Å². The van der Waals surface area contributed by atoms with Crippen LogP contribution in [-0.4, -0.2) is 23.1 Å². The van der Waals surface area contributed by atoms with Gasteiger partial charge in [0.25, 0.3) is 0 Å². The van der Waals surface area contributed by atoms with Gasteiger partial charge in [0.1, 0.15) is 17.5 Å². The van der Waals surface area contributed by atoms with Crippen molar-refractivity contribution < 1.29 is 0 Å². The third-order valence-electron chi connectivity index (χ3n) is 4.20. The monoisotopic (exact) mass is 262 g/mol. The van der Waals surface area contributed by atoms with Crippen LogP contribution in [0.4, 0.5) is 11.6 Å². The summed E-state index contributed by atoms with van der Waals surface area (Å²) in [7, 11) is 1.92. The van der Waals surface area contributed by atoms with E-state index < -0.39 is 0 Å². The van der Waals surface area contributed by atoms with Gasteiger partial charge in [-0.1, -0.05) is 20.3 Å². The van der Waals surface area contributed by atoms with E-state index in [0.29, 0.717) is 17.9 Å².